The maximum atomic E-state index is 12.3. The number of rotatable bonds is 2. The van der Waals surface area contributed by atoms with Crippen molar-refractivity contribution in [2.24, 2.45) is 0 Å². The fraction of sp³-hybridized carbons (Fsp3) is 0. The number of H-pyrrole nitrogens is 1. The Kier molecular flexibility index (Phi) is 3.62. The van der Waals surface area contributed by atoms with Crippen molar-refractivity contribution in [1.29, 1.82) is 0 Å². The highest BCUT2D eigenvalue weighted by molar-refractivity contribution is 14.1. The molecule has 1 amide bonds. The van der Waals surface area contributed by atoms with E-state index < -0.39 is 0 Å². The Bertz CT molecular complexity index is 800. The molecule has 0 saturated carbocycles. The Balaban J connectivity index is 1.96. The summed E-state index contributed by atoms with van der Waals surface area (Å²) in [7, 11) is 0. The molecule has 0 atom stereocenters. The zero-order chi connectivity index (χ0) is 14.1. The number of hydrogen-bond acceptors (Lipinski definition) is 2. The van der Waals surface area contributed by atoms with Gasteiger partial charge in [0.1, 0.15) is 0 Å². The van der Waals surface area contributed by atoms with E-state index in [0.717, 1.165) is 20.2 Å². The lowest BCUT2D eigenvalue weighted by Gasteiger charge is -2.08. The van der Waals surface area contributed by atoms with Crippen molar-refractivity contribution in [2.75, 3.05) is 5.32 Å². The van der Waals surface area contributed by atoms with E-state index in [4.69, 9.17) is 11.6 Å². The summed E-state index contributed by atoms with van der Waals surface area (Å²) in [6.45, 7) is 0. The van der Waals surface area contributed by atoms with Gasteiger partial charge in [0.25, 0.3) is 5.91 Å². The summed E-state index contributed by atoms with van der Waals surface area (Å²) >= 11 is 8.06. The van der Waals surface area contributed by atoms with E-state index in [9.17, 15) is 4.79 Å². The molecule has 6 heteroatoms. The molecule has 2 aromatic carbocycles. The Morgan fingerprint density at radius 1 is 1.30 bits per heavy atom. The monoisotopic (exact) mass is 397 g/mol. The summed E-state index contributed by atoms with van der Waals surface area (Å²) in [4.78, 5) is 12.3. The number of nitrogens with one attached hydrogen (secondary N) is 2. The van der Waals surface area contributed by atoms with Crippen LogP contribution in [0.3, 0.4) is 0 Å². The molecule has 0 aliphatic carbocycles. The molecular formula is C14H9ClIN3O. The molecule has 0 spiro atoms. The Hall–Kier alpha value is -1.60. The van der Waals surface area contributed by atoms with Crippen LogP contribution in [0.2, 0.25) is 5.02 Å². The third-order valence-electron chi connectivity index (χ3n) is 2.91. The van der Waals surface area contributed by atoms with Gasteiger partial charge in [-0.1, -0.05) is 17.7 Å². The molecule has 0 unspecified atom stereocenters. The molecule has 0 fully saturated rings. The SMILES string of the molecule is O=C(Nc1cccc2[nH]ncc12)c1cc(Cl)ccc1I. The lowest BCUT2D eigenvalue weighted by molar-refractivity contribution is 0.102. The van der Waals surface area contributed by atoms with Crippen LogP contribution in [0.25, 0.3) is 10.9 Å². The summed E-state index contributed by atoms with van der Waals surface area (Å²) in [5.41, 5.74) is 2.15. The lowest BCUT2D eigenvalue weighted by Crippen LogP contribution is -2.13. The maximum Gasteiger partial charge on any atom is 0.256 e. The Labute approximate surface area is 133 Å². The van der Waals surface area contributed by atoms with Crippen molar-refractivity contribution in [3.8, 4) is 0 Å². The van der Waals surface area contributed by atoms with Crippen LogP contribution in [0.15, 0.2) is 42.6 Å². The second-order valence-corrected chi connectivity index (χ2v) is 5.81. The normalized spacial score (nSPS) is 10.7. The van der Waals surface area contributed by atoms with E-state index in [2.05, 4.69) is 38.1 Å². The van der Waals surface area contributed by atoms with Crippen molar-refractivity contribution in [1.82, 2.24) is 10.2 Å². The average Bonchev–Trinajstić information content (AvgIpc) is 2.91. The highest BCUT2D eigenvalue weighted by Crippen LogP contribution is 2.23. The van der Waals surface area contributed by atoms with Gasteiger partial charge in [0.2, 0.25) is 0 Å². The van der Waals surface area contributed by atoms with Gasteiger partial charge in [0, 0.05) is 14.0 Å². The molecule has 0 saturated heterocycles. The van der Waals surface area contributed by atoms with Gasteiger partial charge in [-0.05, 0) is 52.9 Å². The second kappa shape index (κ2) is 5.41. The van der Waals surface area contributed by atoms with Crippen LogP contribution >= 0.6 is 34.2 Å². The number of carbonyl (C=O) groups is 1. The molecule has 0 bridgehead atoms. The van der Waals surface area contributed by atoms with E-state index in [1.807, 2.05) is 24.3 Å². The smallest absolute Gasteiger partial charge is 0.256 e. The standard InChI is InChI=1S/C14H9ClIN3O/c15-8-4-5-11(16)9(6-8)14(20)18-12-2-1-3-13-10(12)7-17-19-13/h1-7H,(H,17,19)(H,18,20). The molecule has 100 valence electrons. The third-order valence-corrected chi connectivity index (χ3v) is 4.08. The summed E-state index contributed by atoms with van der Waals surface area (Å²) in [6, 6.07) is 10.8. The van der Waals surface area contributed by atoms with Crippen molar-refractivity contribution in [3.05, 3.63) is 56.8 Å². The number of nitrogens with zero attached hydrogens (tertiary/aromatic N) is 1. The van der Waals surface area contributed by atoms with Gasteiger partial charge in [0.05, 0.1) is 23.0 Å². The van der Waals surface area contributed by atoms with Crippen LogP contribution < -0.4 is 5.32 Å². The van der Waals surface area contributed by atoms with Crippen LogP contribution in [0.1, 0.15) is 10.4 Å². The molecular weight excluding hydrogens is 389 g/mol. The van der Waals surface area contributed by atoms with Gasteiger partial charge < -0.3 is 5.32 Å². The quantitative estimate of drug-likeness (QED) is 0.640. The number of carbonyl (C=O) groups excluding carboxylic acids is 1. The number of halogens is 2. The van der Waals surface area contributed by atoms with Gasteiger partial charge in [-0.15, -0.1) is 0 Å². The zero-order valence-corrected chi connectivity index (χ0v) is 13.1. The van der Waals surface area contributed by atoms with E-state index in [1.54, 1.807) is 18.3 Å². The number of hydrogen-bond donors (Lipinski definition) is 2. The van der Waals surface area contributed by atoms with E-state index in [0.29, 0.717) is 10.6 Å². The van der Waals surface area contributed by atoms with Crippen molar-refractivity contribution < 1.29 is 4.79 Å². The molecule has 1 aromatic heterocycles. The van der Waals surface area contributed by atoms with E-state index in [-0.39, 0.29) is 5.91 Å². The minimum absolute atomic E-state index is 0.189. The fourth-order valence-corrected chi connectivity index (χ4v) is 2.69. The molecule has 2 N–H and O–H groups in total. The average molecular weight is 398 g/mol. The number of fused-ring (bicyclic) bond motifs is 1. The summed E-state index contributed by atoms with van der Waals surface area (Å²) in [5.74, 6) is -0.189. The minimum atomic E-state index is -0.189. The maximum absolute atomic E-state index is 12.3. The molecule has 4 nitrogen and oxygen atoms in total. The van der Waals surface area contributed by atoms with E-state index >= 15 is 0 Å². The number of aromatic amines is 1. The minimum Gasteiger partial charge on any atom is -0.321 e. The fourth-order valence-electron chi connectivity index (χ4n) is 1.94. The van der Waals surface area contributed by atoms with Crippen LogP contribution in [0.5, 0.6) is 0 Å². The molecule has 0 aliphatic rings. The van der Waals surface area contributed by atoms with Crippen LogP contribution in [-0.2, 0) is 0 Å². The van der Waals surface area contributed by atoms with Gasteiger partial charge in [0.15, 0.2) is 0 Å². The molecule has 0 radical (unpaired) electrons. The first-order chi connectivity index (χ1) is 9.65. The number of aromatic nitrogens is 2. The van der Waals surface area contributed by atoms with Gasteiger partial charge >= 0.3 is 0 Å². The van der Waals surface area contributed by atoms with Crippen LogP contribution in [0.4, 0.5) is 5.69 Å². The predicted molar refractivity (Wildman–Crippen MR) is 88.2 cm³/mol. The summed E-state index contributed by atoms with van der Waals surface area (Å²) in [6.07, 6.45) is 1.69. The number of amides is 1. The Morgan fingerprint density at radius 3 is 3.00 bits per heavy atom. The first kappa shape index (κ1) is 13.4. The lowest BCUT2D eigenvalue weighted by atomic mass is 10.2. The van der Waals surface area contributed by atoms with Crippen LogP contribution in [-0.4, -0.2) is 16.1 Å². The largest absolute Gasteiger partial charge is 0.321 e. The topological polar surface area (TPSA) is 57.8 Å². The number of benzene rings is 2. The van der Waals surface area contributed by atoms with Crippen molar-refractivity contribution >= 4 is 56.7 Å². The molecule has 20 heavy (non-hydrogen) atoms. The van der Waals surface area contributed by atoms with Gasteiger partial charge in [-0.25, -0.2) is 0 Å². The van der Waals surface area contributed by atoms with Gasteiger partial charge in [-0.3, -0.25) is 9.89 Å². The zero-order valence-electron chi connectivity index (χ0n) is 10.2. The van der Waals surface area contributed by atoms with Crippen molar-refractivity contribution in [3.63, 3.8) is 0 Å². The van der Waals surface area contributed by atoms with Gasteiger partial charge in [-0.2, -0.15) is 5.10 Å². The summed E-state index contributed by atoms with van der Waals surface area (Å²) < 4.78 is 0.851. The predicted octanol–water partition coefficient (Wildman–Crippen LogP) is 4.07. The Morgan fingerprint density at radius 2 is 2.15 bits per heavy atom. The molecule has 1 heterocycles. The van der Waals surface area contributed by atoms with Crippen LogP contribution in [0, 0.1) is 3.57 Å². The number of anilines is 1. The van der Waals surface area contributed by atoms with Crippen molar-refractivity contribution in [2.45, 2.75) is 0 Å². The highest BCUT2D eigenvalue weighted by Gasteiger charge is 2.12. The molecule has 3 rings (SSSR count). The van der Waals surface area contributed by atoms with E-state index in [1.165, 1.54) is 0 Å². The molecule has 3 aromatic rings. The summed E-state index contributed by atoms with van der Waals surface area (Å²) in [5, 5.41) is 11.1. The molecule has 0 aliphatic heterocycles. The first-order valence-electron chi connectivity index (χ1n) is 5.83. The first-order valence-corrected chi connectivity index (χ1v) is 7.29. The third kappa shape index (κ3) is 2.51. The second-order valence-electron chi connectivity index (χ2n) is 4.22. The highest BCUT2D eigenvalue weighted by atomic mass is 127.